The Morgan fingerprint density at radius 2 is 1.60 bits per heavy atom. The number of nitrogens with one attached hydrogen (secondary N) is 1. The summed E-state index contributed by atoms with van der Waals surface area (Å²) >= 11 is 0. The van der Waals surface area contributed by atoms with Crippen LogP contribution in [0, 0.1) is 35.5 Å². The molecule has 72 heavy (non-hydrogen) atoms. The van der Waals surface area contributed by atoms with Crippen molar-refractivity contribution < 1.29 is 71.4 Å². The van der Waals surface area contributed by atoms with Crippen molar-refractivity contribution in [3.8, 4) is 0 Å². The molecule has 2 saturated carbocycles. The van der Waals surface area contributed by atoms with Crippen LogP contribution < -0.4 is 4.72 Å². The van der Waals surface area contributed by atoms with Gasteiger partial charge in [-0.15, -0.1) is 0 Å². The van der Waals surface area contributed by atoms with Crippen LogP contribution in [-0.4, -0.2) is 153 Å². The highest BCUT2D eigenvalue weighted by molar-refractivity contribution is 7.89. The number of Topliss-reactive ketones (excluding diaryl/α,β-unsaturated/α-hetero) is 3. The van der Waals surface area contributed by atoms with Gasteiger partial charge in [-0.3, -0.25) is 19.2 Å². The van der Waals surface area contributed by atoms with E-state index >= 15 is 0 Å². The van der Waals surface area contributed by atoms with Crippen molar-refractivity contribution in [3.63, 3.8) is 0 Å². The lowest BCUT2D eigenvalue weighted by atomic mass is 9.78. The summed E-state index contributed by atoms with van der Waals surface area (Å²) in [6, 6.07) is -2.26. The van der Waals surface area contributed by atoms with Gasteiger partial charge >= 0.3 is 5.97 Å². The minimum Gasteiger partial charge on any atom is -0.460 e. The van der Waals surface area contributed by atoms with E-state index in [-0.39, 0.29) is 54.9 Å². The third-order valence-corrected chi connectivity index (χ3v) is 17.0. The standard InChI is InChI=1S/C54H86N2O15S/c1-33-17-14-12-11-13-15-18-34(2)48(59)50(68-10)49(60)37(5)27-35(3)44(58)31-46(36(4)28-41-22-24-45(47(29-41)67-9)69-32-40-19-16-20-40)70-53(63)39(7)56(8)52(62)51(61)54(64)38(6)21-23-42(71-54)30-43(33)55-72(65,66)26-25-57/h11-14,17,27,34-36,38-43,45-47,49-50,55,57,60,64H,15-16,18-26,28-32H2,1-10H3/b13-11-,14-12-,33-17-,37-27-/t34?,35?,36-,38+,39?,41+,42-,43?,45-,46?,47-,49?,50?,54+/m1/s1. The van der Waals surface area contributed by atoms with Crippen LogP contribution in [0.4, 0.5) is 0 Å². The minimum atomic E-state index is -3.99. The highest BCUT2D eigenvalue weighted by Gasteiger charge is 2.52. The first-order valence-corrected chi connectivity index (χ1v) is 27.7. The molecule has 14 atom stereocenters. The molecule has 2 aliphatic heterocycles. The summed E-state index contributed by atoms with van der Waals surface area (Å²) in [5.74, 6) is -8.94. The van der Waals surface area contributed by atoms with Gasteiger partial charge in [-0.2, -0.15) is 0 Å². The first kappa shape index (κ1) is 61.1. The number of hydrogen-bond donors (Lipinski definition) is 4. The lowest BCUT2D eigenvalue weighted by Gasteiger charge is -2.42. The van der Waals surface area contributed by atoms with Crippen LogP contribution in [0.25, 0.3) is 0 Å². The molecule has 18 heteroatoms. The number of carbonyl (C=O) groups is 5. The van der Waals surface area contributed by atoms with Crippen LogP contribution in [0.2, 0.25) is 0 Å². The largest absolute Gasteiger partial charge is 0.460 e. The third-order valence-electron chi connectivity index (χ3n) is 15.6. The Morgan fingerprint density at radius 3 is 2.24 bits per heavy atom. The van der Waals surface area contributed by atoms with Crippen LogP contribution in [0.15, 0.2) is 47.6 Å². The second-order valence-corrected chi connectivity index (χ2v) is 23.0. The van der Waals surface area contributed by atoms with Crippen LogP contribution >= 0.6 is 0 Å². The maximum Gasteiger partial charge on any atom is 0.328 e. The minimum absolute atomic E-state index is 0.0295. The summed E-state index contributed by atoms with van der Waals surface area (Å²) in [6.07, 6.45) is 13.6. The highest BCUT2D eigenvalue weighted by atomic mass is 32.2. The quantitative estimate of drug-likeness (QED) is 0.107. The lowest BCUT2D eigenvalue weighted by molar-refractivity contribution is -0.263. The number of cyclic esters (lactones) is 1. The van der Waals surface area contributed by atoms with Gasteiger partial charge in [0, 0.05) is 58.1 Å². The fourth-order valence-corrected chi connectivity index (χ4v) is 11.2. The SMILES string of the molecule is COC1C(=O)C(C)CC\C=C/C=C\C=C(\C)C(NS(=O)(=O)CCO)C[C@H]2CC[C@H](C)[C@](O)(O2)C(=O)C(=O)N(C)C(C)C(=O)OC([C@H](C)C[C@@H]2CC[C@@H](OCC3CCC3)[C@H](OC)C2)CC(=O)C(C)/C=C(/C)C1O. The van der Waals surface area contributed by atoms with Gasteiger partial charge in [0.05, 0.1) is 30.7 Å². The maximum atomic E-state index is 14.2. The van der Waals surface area contributed by atoms with Crippen LogP contribution in [0.1, 0.15) is 132 Å². The zero-order valence-corrected chi connectivity index (χ0v) is 45.3. The lowest BCUT2D eigenvalue weighted by Crippen LogP contribution is -2.59. The molecule has 4 aliphatic rings. The average Bonchev–Trinajstić information content (AvgIpc) is 3.32. The van der Waals surface area contributed by atoms with E-state index in [0.717, 1.165) is 24.3 Å². The molecule has 1 amide bonds. The third kappa shape index (κ3) is 17.0. The van der Waals surface area contributed by atoms with Crippen LogP contribution in [0.3, 0.4) is 0 Å². The van der Waals surface area contributed by atoms with Gasteiger partial charge in [0.25, 0.3) is 11.7 Å². The monoisotopic (exact) mass is 1030 g/mol. The summed E-state index contributed by atoms with van der Waals surface area (Å²) in [4.78, 5) is 70.9. The molecule has 0 aromatic rings. The first-order valence-electron chi connectivity index (χ1n) is 26.1. The van der Waals surface area contributed by atoms with E-state index in [0.29, 0.717) is 49.2 Å². The molecule has 4 rings (SSSR count). The topological polar surface area (TPSA) is 242 Å². The second kappa shape index (κ2) is 28.4. The molecule has 0 aromatic carbocycles. The number of fused-ring (bicyclic) bond motifs is 2. The molecular formula is C54H86N2O15S. The van der Waals surface area contributed by atoms with Crippen LogP contribution in [-0.2, 0) is 57.7 Å². The molecule has 408 valence electrons. The van der Waals surface area contributed by atoms with Gasteiger partial charge in [-0.25, -0.2) is 17.9 Å². The van der Waals surface area contributed by atoms with E-state index < -0.39 is 100 Å². The Hall–Kier alpha value is -3.46. The van der Waals surface area contributed by atoms with Gasteiger partial charge in [0.2, 0.25) is 15.8 Å². The predicted molar refractivity (Wildman–Crippen MR) is 272 cm³/mol. The normalized spacial score (nSPS) is 37.1. The number of methoxy groups -OCH3 is 2. The molecule has 4 N–H and O–H groups in total. The van der Waals surface area contributed by atoms with Gasteiger partial charge in [0.1, 0.15) is 30.1 Å². The molecule has 0 aromatic heterocycles. The maximum absolute atomic E-state index is 14.2. The highest BCUT2D eigenvalue weighted by Crippen LogP contribution is 2.38. The van der Waals surface area contributed by atoms with E-state index in [4.69, 9.17) is 23.7 Å². The number of carbonyl (C=O) groups excluding carboxylic acids is 5. The van der Waals surface area contributed by atoms with E-state index in [9.17, 15) is 47.7 Å². The number of aliphatic hydroxyl groups excluding tert-OH is 2. The number of esters is 1. The Balaban J connectivity index is 1.66. The first-order chi connectivity index (χ1) is 34.0. The van der Waals surface area contributed by atoms with Crippen LogP contribution in [0.5, 0.6) is 0 Å². The number of ether oxygens (including phenoxy) is 5. The van der Waals surface area contributed by atoms with Crippen molar-refractivity contribution >= 4 is 39.2 Å². The molecular weight excluding hydrogens is 949 g/mol. The number of allylic oxidation sites excluding steroid dienone is 6. The molecule has 7 unspecified atom stereocenters. The number of rotatable bonds is 12. The molecule has 1 saturated heterocycles. The molecule has 3 fully saturated rings. The van der Waals surface area contributed by atoms with Crippen molar-refractivity contribution in [3.05, 3.63) is 47.6 Å². The number of nitrogens with zero attached hydrogens (tertiary/aromatic N) is 1. The molecule has 2 heterocycles. The zero-order valence-electron chi connectivity index (χ0n) is 44.5. The summed E-state index contributed by atoms with van der Waals surface area (Å²) in [6.45, 7) is 11.7. The van der Waals surface area contributed by atoms with Crippen molar-refractivity contribution in [1.29, 1.82) is 0 Å². The summed E-state index contributed by atoms with van der Waals surface area (Å²) in [5, 5.41) is 32.8. The number of sulfonamides is 1. The molecule has 17 nitrogen and oxygen atoms in total. The Morgan fingerprint density at radius 1 is 0.889 bits per heavy atom. The smallest absolute Gasteiger partial charge is 0.328 e. The molecule has 0 radical (unpaired) electrons. The van der Waals surface area contributed by atoms with E-state index in [1.807, 2.05) is 13.0 Å². The van der Waals surface area contributed by atoms with E-state index in [1.165, 1.54) is 40.3 Å². The molecule has 2 bridgehead atoms. The molecule has 2 aliphatic carbocycles. The van der Waals surface area contributed by atoms with Gasteiger partial charge in [0.15, 0.2) is 5.78 Å². The van der Waals surface area contributed by atoms with Crippen molar-refractivity contribution in [1.82, 2.24) is 9.62 Å². The molecule has 0 spiro atoms. The number of hydrogen-bond acceptors (Lipinski definition) is 15. The van der Waals surface area contributed by atoms with E-state index in [1.54, 1.807) is 72.1 Å². The Bertz CT molecular complexity index is 2070. The van der Waals surface area contributed by atoms with E-state index in [2.05, 4.69) is 4.72 Å². The summed E-state index contributed by atoms with van der Waals surface area (Å²) < 4.78 is 58.5. The predicted octanol–water partition coefficient (Wildman–Crippen LogP) is 5.49. The van der Waals surface area contributed by atoms with Gasteiger partial charge in [-0.05, 0) is 115 Å². The van der Waals surface area contributed by atoms with Crippen molar-refractivity contribution in [2.45, 2.75) is 186 Å². The van der Waals surface area contributed by atoms with Crippen molar-refractivity contribution in [2.24, 2.45) is 35.5 Å². The van der Waals surface area contributed by atoms with Gasteiger partial charge < -0.3 is 43.9 Å². The average molecular weight is 1040 g/mol. The fraction of sp³-hybridized carbons (Fsp3) is 0.759. The summed E-state index contributed by atoms with van der Waals surface area (Å²) in [5.41, 5.74) is 0.910. The number of amides is 1. The Kier molecular flexibility index (Phi) is 24.1. The number of likely N-dealkylation sites (N-methyl/N-ethyl adjacent to an activating group) is 1. The number of aliphatic hydroxyl groups is 3. The Labute approximate surface area is 428 Å². The zero-order chi connectivity index (χ0) is 53.5. The fourth-order valence-electron chi connectivity index (χ4n) is 10.1. The van der Waals surface area contributed by atoms with Crippen molar-refractivity contribution in [2.75, 3.05) is 40.2 Å². The number of ketones is 3. The second-order valence-electron chi connectivity index (χ2n) is 21.2. The van der Waals surface area contributed by atoms with Gasteiger partial charge in [-0.1, -0.05) is 76.1 Å². The summed E-state index contributed by atoms with van der Waals surface area (Å²) in [7, 11) is 0.279.